The van der Waals surface area contributed by atoms with Crippen molar-refractivity contribution in [1.82, 2.24) is 5.32 Å². The van der Waals surface area contributed by atoms with Crippen LogP contribution in [0.1, 0.15) is 61.3 Å². The van der Waals surface area contributed by atoms with Crippen LogP contribution in [0.3, 0.4) is 0 Å². The highest BCUT2D eigenvalue weighted by Crippen LogP contribution is 2.43. The number of aliphatic hydroxyl groups excluding tert-OH is 2. The van der Waals surface area contributed by atoms with Crippen molar-refractivity contribution < 1.29 is 65.2 Å². The maximum Gasteiger partial charge on any atom is 0.573 e. The third-order valence-corrected chi connectivity index (χ3v) is 7.58. The van der Waals surface area contributed by atoms with E-state index >= 15 is 0 Å². The van der Waals surface area contributed by atoms with Gasteiger partial charge in [0.1, 0.15) is 52.0 Å². The summed E-state index contributed by atoms with van der Waals surface area (Å²) in [5.41, 5.74) is 3.33. The lowest BCUT2D eigenvalue weighted by molar-refractivity contribution is -0.385. The van der Waals surface area contributed by atoms with E-state index in [1.807, 2.05) is 0 Å². The average molecular weight is 704 g/mol. The quantitative estimate of drug-likeness (QED) is 0.148. The predicted octanol–water partition coefficient (Wildman–Crippen LogP) is 5.61. The van der Waals surface area contributed by atoms with Crippen molar-refractivity contribution in [1.29, 1.82) is 0 Å². The Balaban J connectivity index is 0.000000244. The number of para-hydroxylation sites is 1. The van der Waals surface area contributed by atoms with E-state index in [9.17, 15) is 51.5 Å². The number of halogens is 6. The Morgan fingerprint density at radius 3 is 1.82 bits per heavy atom. The van der Waals surface area contributed by atoms with Gasteiger partial charge in [0.15, 0.2) is 0 Å². The Hall–Kier alpha value is -4.81. The molecule has 0 aliphatic carbocycles. The molecule has 5 N–H and O–H groups in total. The summed E-state index contributed by atoms with van der Waals surface area (Å²) in [6.07, 6.45) is -12.1. The maximum absolute atomic E-state index is 12.7. The third-order valence-electron chi connectivity index (χ3n) is 7.58. The SMILES string of the molecule is CC1(C)Oc2ccc(OC(F)(F)F)cc2[C@@H](N)[C@@H]1O.CC1(C)Oc2ccc(OC(F)(F)F)cc2[C@@H](NC(=O)c2ccccc2[N+](=O)[O-])[C@@H]1O. The van der Waals surface area contributed by atoms with Crippen molar-refractivity contribution in [3.05, 3.63) is 87.5 Å². The Morgan fingerprint density at radius 1 is 0.837 bits per heavy atom. The number of ether oxygens (including phenoxy) is 4. The largest absolute Gasteiger partial charge is 0.573 e. The van der Waals surface area contributed by atoms with Gasteiger partial charge in [0.25, 0.3) is 11.6 Å². The Bertz CT molecular complexity index is 1710. The van der Waals surface area contributed by atoms with Crippen LogP contribution in [-0.2, 0) is 0 Å². The number of benzene rings is 3. The van der Waals surface area contributed by atoms with Crippen LogP contribution in [0.4, 0.5) is 32.0 Å². The lowest BCUT2D eigenvalue weighted by atomic mass is 9.86. The van der Waals surface area contributed by atoms with Gasteiger partial charge >= 0.3 is 12.7 Å². The summed E-state index contributed by atoms with van der Waals surface area (Å²) in [6.45, 7) is 6.37. The second-order valence-electron chi connectivity index (χ2n) is 12.0. The van der Waals surface area contributed by atoms with Gasteiger partial charge in [0, 0.05) is 17.2 Å². The number of aliphatic hydroxyl groups is 2. The Labute approximate surface area is 274 Å². The fraction of sp³-hybridized carbons (Fsp3) is 0.387. The summed E-state index contributed by atoms with van der Waals surface area (Å²) < 4.78 is 93.1. The monoisotopic (exact) mass is 703 g/mol. The zero-order valence-corrected chi connectivity index (χ0v) is 26.1. The lowest BCUT2D eigenvalue weighted by Crippen LogP contribution is -2.53. The van der Waals surface area contributed by atoms with E-state index in [0.29, 0.717) is 5.75 Å². The van der Waals surface area contributed by atoms with Gasteiger partial charge in [0.05, 0.1) is 17.0 Å². The molecule has 0 bridgehead atoms. The molecule has 18 heteroatoms. The molecule has 2 aliphatic heterocycles. The summed E-state index contributed by atoms with van der Waals surface area (Å²) in [7, 11) is 0. The van der Waals surface area contributed by atoms with Gasteiger partial charge in [-0.2, -0.15) is 0 Å². The number of hydrogen-bond acceptors (Lipinski definition) is 10. The summed E-state index contributed by atoms with van der Waals surface area (Å²) in [4.78, 5) is 23.2. The molecule has 3 aromatic rings. The molecule has 0 saturated heterocycles. The van der Waals surface area contributed by atoms with Gasteiger partial charge in [-0.05, 0) is 70.2 Å². The molecule has 0 aromatic heterocycles. The molecule has 49 heavy (non-hydrogen) atoms. The average Bonchev–Trinajstić information content (AvgIpc) is 2.97. The van der Waals surface area contributed by atoms with Crippen LogP contribution in [0.15, 0.2) is 60.7 Å². The zero-order chi connectivity index (χ0) is 36.7. The number of nitrogens with one attached hydrogen (secondary N) is 1. The first-order chi connectivity index (χ1) is 22.5. The molecule has 0 radical (unpaired) electrons. The van der Waals surface area contributed by atoms with Crippen LogP contribution in [0.25, 0.3) is 0 Å². The Morgan fingerprint density at radius 2 is 1.31 bits per heavy atom. The molecule has 3 aromatic carbocycles. The van der Waals surface area contributed by atoms with E-state index in [1.54, 1.807) is 13.8 Å². The number of hydrogen-bond donors (Lipinski definition) is 4. The minimum atomic E-state index is -4.94. The highest BCUT2D eigenvalue weighted by molar-refractivity contribution is 5.98. The third kappa shape index (κ3) is 8.62. The predicted molar refractivity (Wildman–Crippen MR) is 158 cm³/mol. The number of amides is 1. The minimum Gasteiger partial charge on any atom is -0.485 e. The van der Waals surface area contributed by atoms with Gasteiger partial charge in [-0.3, -0.25) is 14.9 Å². The second-order valence-corrected chi connectivity index (χ2v) is 12.0. The van der Waals surface area contributed by atoms with Crippen molar-refractivity contribution >= 4 is 11.6 Å². The molecular weight excluding hydrogens is 672 g/mol. The summed E-state index contributed by atoms with van der Waals surface area (Å²) >= 11 is 0. The molecule has 0 fully saturated rings. The summed E-state index contributed by atoms with van der Waals surface area (Å²) in [6, 6.07) is 10.0. The van der Waals surface area contributed by atoms with Gasteiger partial charge in [-0.15, -0.1) is 26.3 Å². The first-order valence-electron chi connectivity index (χ1n) is 14.3. The number of alkyl halides is 6. The van der Waals surface area contributed by atoms with Crippen LogP contribution in [0.5, 0.6) is 23.0 Å². The number of carbonyl (C=O) groups is 1. The number of nitrogens with two attached hydrogens (primary N) is 1. The van der Waals surface area contributed by atoms with Crippen molar-refractivity contribution in [2.45, 2.75) is 75.9 Å². The maximum atomic E-state index is 12.7. The number of nitro benzene ring substituents is 1. The number of nitro groups is 1. The molecule has 12 nitrogen and oxygen atoms in total. The number of fused-ring (bicyclic) bond motifs is 2. The van der Waals surface area contributed by atoms with E-state index in [4.69, 9.17) is 15.2 Å². The molecular formula is C31H31F6N3O9. The van der Waals surface area contributed by atoms with Crippen molar-refractivity contribution in [2.24, 2.45) is 5.73 Å². The van der Waals surface area contributed by atoms with E-state index in [1.165, 1.54) is 44.2 Å². The Kier molecular flexibility index (Phi) is 10.0. The highest BCUT2D eigenvalue weighted by Gasteiger charge is 2.45. The molecule has 5 rings (SSSR count). The summed E-state index contributed by atoms with van der Waals surface area (Å²) in [5, 5.41) is 34.3. The van der Waals surface area contributed by atoms with Gasteiger partial charge in [0.2, 0.25) is 0 Å². The number of carbonyl (C=O) groups excluding carboxylic acids is 1. The van der Waals surface area contributed by atoms with Crippen LogP contribution in [-0.4, -0.2) is 57.2 Å². The lowest BCUT2D eigenvalue weighted by Gasteiger charge is -2.42. The van der Waals surface area contributed by atoms with E-state index in [2.05, 4.69) is 14.8 Å². The smallest absolute Gasteiger partial charge is 0.485 e. The van der Waals surface area contributed by atoms with Gasteiger partial charge < -0.3 is 40.2 Å². The van der Waals surface area contributed by atoms with Crippen molar-refractivity contribution in [3.8, 4) is 23.0 Å². The molecule has 266 valence electrons. The first kappa shape index (κ1) is 37.0. The van der Waals surface area contributed by atoms with Gasteiger partial charge in [-0.25, -0.2) is 0 Å². The number of nitrogens with zero attached hydrogens (tertiary/aromatic N) is 1. The van der Waals surface area contributed by atoms with E-state index < -0.39 is 76.2 Å². The highest BCUT2D eigenvalue weighted by atomic mass is 19.4. The molecule has 2 aliphatic rings. The topological polar surface area (TPSA) is 176 Å². The van der Waals surface area contributed by atoms with E-state index in [0.717, 1.165) is 30.3 Å². The zero-order valence-electron chi connectivity index (χ0n) is 26.1. The van der Waals surface area contributed by atoms with Crippen LogP contribution in [0, 0.1) is 10.1 Å². The summed E-state index contributed by atoms with van der Waals surface area (Å²) in [5.74, 6) is -1.36. The van der Waals surface area contributed by atoms with E-state index in [-0.39, 0.29) is 22.4 Å². The minimum absolute atomic E-state index is 0.0375. The fourth-order valence-electron chi connectivity index (χ4n) is 5.20. The molecule has 0 unspecified atom stereocenters. The van der Waals surface area contributed by atoms with Crippen molar-refractivity contribution in [2.75, 3.05) is 0 Å². The standard InChI is InChI=1S/C19H17F3N2O6.C12H14F3NO3/c1-18(2)16(25)15(23-17(26)11-5-3-4-6-13(11)24(27)28)12-9-10(29-19(20,21)22)7-8-14(12)30-18;1-11(2)10(17)9(16)7-5-6(18-12(13,14)15)3-4-8(7)19-11/h3-9,15-16,25H,1-2H3,(H,23,26);3-5,9-10,17H,16H2,1-2H3/t15-,16+;9-,10+/m11/s1. The van der Waals surface area contributed by atoms with Gasteiger partial charge in [-0.1, -0.05) is 12.1 Å². The fourth-order valence-corrected chi connectivity index (χ4v) is 5.20. The molecule has 0 spiro atoms. The second kappa shape index (κ2) is 13.2. The molecule has 1 amide bonds. The van der Waals surface area contributed by atoms with Crippen LogP contribution in [0.2, 0.25) is 0 Å². The molecule has 0 saturated carbocycles. The number of rotatable bonds is 5. The van der Waals surface area contributed by atoms with Crippen LogP contribution < -0.4 is 30.0 Å². The molecule has 4 atom stereocenters. The first-order valence-corrected chi connectivity index (χ1v) is 14.3. The van der Waals surface area contributed by atoms with Crippen LogP contribution >= 0.6 is 0 Å². The van der Waals surface area contributed by atoms with Crippen molar-refractivity contribution in [3.63, 3.8) is 0 Å². The normalized spacial score (nSPS) is 22.1. The molecule has 2 heterocycles.